The maximum Gasteiger partial charge on any atom is 0.120 e. The van der Waals surface area contributed by atoms with E-state index in [-0.39, 0.29) is 5.54 Å². The second-order valence-electron chi connectivity index (χ2n) is 7.03. The van der Waals surface area contributed by atoms with Gasteiger partial charge >= 0.3 is 0 Å². The van der Waals surface area contributed by atoms with Crippen LogP contribution in [0.2, 0.25) is 0 Å². The molecule has 0 amide bonds. The van der Waals surface area contributed by atoms with E-state index in [4.69, 9.17) is 4.74 Å². The molecule has 19 heavy (non-hydrogen) atoms. The molecule has 2 rings (SSSR count). The van der Waals surface area contributed by atoms with Crippen LogP contribution in [-0.2, 0) is 0 Å². The van der Waals surface area contributed by atoms with Gasteiger partial charge in [-0.3, -0.25) is 0 Å². The van der Waals surface area contributed by atoms with Gasteiger partial charge in [0, 0.05) is 11.6 Å². The Morgan fingerprint density at radius 1 is 1.21 bits per heavy atom. The topological polar surface area (TPSA) is 21.3 Å². The minimum absolute atomic E-state index is 0.202. The van der Waals surface area contributed by atoms with Gasteiger partial charge in [0.05, 0.1) is 0 Å². The third-order valence-corrected chi connectivity index (χ3v) is 3.56. The molecule has 1 aromatic carbocycles. The zero-order chi connectivity index (χ0) is 14.0. The third-order valence-electron chi connectivity index (χ3n) is 3.56. The van der Waals surface area contributed by atoms with Crippen LogP contribution in [-0.4, -0.2) is 17.7 Å². The van der Waals surface area contributed by atoms with Crippen LogP contribution in [0.5, 0.6) is 5.75 Å². The van der Waals surface area contributed by atoms with E-state index in [1.165, 1.54) is 5.56 Å². The second kappa shape index (κ2) is 5.54. The third kappa shape index (κ3) is 4.24. The summed E-state index contributed by atoms with van der Waals surface area (Å²) in [5.41, 5.74) is 1.55. The number of ether oxygens (including phenoxy) is 1. The van der Waals surface area contributed by atoms with Crippen molar-refractivity contribution in [1.82, 2.24) is 5.32 Å². The lowest BCUT2D eigenvalue weighted by Crippen LogP contribution is -2.53. The molecule has 2 heteroatoms. The maximum atomic E-state index is 6.05. The fourth-order valence-corrected chi connectivity index (χ4v) is 2.53. The highest BCUT2D eigenvalue weighted by molar-refractivity contribution is 5.30. The molecule has 1 N–H and O–H groups in total. The molecule has 0 spiro atoms. The highest BCUT2D eigenvalue weighted by atomic mass is 16.5. The average Bonchev–Trinajstić information content (AvgIpc) is 2.25. The molecular weight excluding hydrogens is 234 g/mol. The highest BCUT2D eigenvalue weighted by Gasteiger charge is 2.33. The molecule has 1 fully saturated rings. The Hall–Kier alpha value is -1.02. The standard InChI is InChI=1S/C17H27NO/c1-12(2)13-7-6-8-15(9-13)19-16-10-14(11-16)18-17(3,4)5/h6-9,12,14,16,18H,10-11H2,1-5H3. The summed E-state index contributed by atoms with van der Waals surface area (Å²) in [6, 6.07) is 9.11. The lowest BCUT2D eigenvalue weighted by atomic mass is 9.87. The van der Waals surface area contributed by atoms with E-state index in [0.717, 1.165) is 18.6 Å². The predicted octanol–water partition coefficient (Wildman–Crippen LogP) is 4.11. The highest BCUT2D eigenvalue weighted by Crippen LogP contribution is 2.28. The van der Waals surface area contributed by atoms with Crippen LogP contribution in [0.15, 0.2) is 24.3 Å². The molecule has 0 bridgehead atoms. The SMILES string of the molecule is CC(C)c1cccc(OC2CC(NC(C)(C)C)C2)c1. The number of nitrogens with one attached hydrogen (secondary N) is 1. The molecule has 0 saturated heterocycles. The molecule has 0 atom stereocenters. The molecule has 2 nitrogen and oxygen atoms in total. The first kappa shape index (κ1) is 14.4. The fourth-order valence-electron chi connectivity index (χ4n) is 2.53. The minimum Gasteiger partial charge on any atom is -0.490 e. The lowest BCUT2D eigenvalue weighted by Gasteiger charge is -2.40. The first-order chi connectivity index (χ1) is 8.83. The molecule has 0 unspecified atom stereocenters. The monoisotopic (exact) mass is 261 g/mol. The number of hydrogen-bond donors (Lipinski definition) is 1. The zero-order valence-corrected chi connectivity index (χ0v) is 12.9. The second-order valence-corrected chi connectivity index (χ2v) is 7.03. The van der Waals surface area contributed by atoms with Gasteiger partial charge in [0.15, 0.2) is 0 Å². The molecule has 1 aromatic rings. The van der Waals surface area contributed by atoms with Crippen LogP contribution in [0, 0.1) is 0 Å². The van der Waals surface area contributed by atoms with Crippen LogP contribution >= 0.6 is 0 Å². The number of rotatable bonds is 4. The van der Waals surface area contributed by atoms with Gasteiger partial charge in [0.25, 0.3) is 0 Å². The summed E-state index contributed by atoms with van der Waals surface area (Å²) < 4.78 is 6.05. The Kier molecular flexibility index (Phi) is 4.19. The van der Waals surface area contributed by atoms with Crippen molar-refractivity contribution in [2.75, 3.05) is 0 Å². The lowest BCUT2D eigenvalue weighted by molar-refractivity contribution is 0.0733. The normalized spacial score (nSPS) is 23.3. The van der Waals surface area contributed by atoms with Gasteiger partial charge in [-0.15, -0.1) is 0 Å². The van der Waals surface area contributed by atoms with Crippen LogP contribution in [0.25, 0.3) is 0 Å². The van der Waals surface area contributed by atoms with Crippen molar-refractivity contribution in [3.05, 3.63) is 29.8 Å². The van der Waals surface area contributed by atoms with Crippen molar-refractivity contribution >= 4 is 0 Å². The first-order valence-electron chi connectivity index (χ1n) is 7.38. The van der Waals surface area contributed by atoms with Gasteiger partial charge in [-0.05, 0) is 57.2 Å². The summed E-state index contributed by atoms with van der Waals surface area (Å²) in [4.78, 5) is 0. The molecule has 106 valence electrons. The molecular formula is C17H27NO. The van der Waals surface area contributed by atoms with Crippen molar-refractivity contribution in [2.45, 2.75) is 71.1 Å². The summed E-state index contributed by atoms with van der Waals surface area (Å²) in [5, 5.41) is 3.62. The van der Waals surface area contributed by atoms with Crippen molar-refractivity contribution in [1.29, 1.82) is 0 Å². The summed E-state index contributed by atoms with van der Waals surface area (Å²) in [5.74, 6) is 1.57. The van der Waals surface area contributed by atoms with Crippen molar-refractivity contribution in [2.24, 2.45) is 0 Å². The van der Waals surface area contributed by atoms with Crippen LogP contribution in [0.4, 0.5) is 0 Å². The smallest absolute Gasteiger partial charge is 0.120 e. The summed E-state index contributed by atoms with van der Waals surface area (Å²) >= 11 is 0. The van der Waals surface area contributed by atoms with E-state index in [9.17, 15) is 0 Å². The maximum absolute atomic E-state index is 6.05. The van der Waals surface area contributed by atoms with Gasteiger partial charge in [0.1, 0.15) is 11.9 Å². The Morgan fingerprint density at radius 2 is 1.89 bits per heavy atom. The van der Waals surface area contributed by atoms with Gasteiger partial charge in [0.2, 0.25) is 0 Å². The number of hydrogen-bond acceptors (Lipinski definition) is 2. The van der Waals surface area contributed by atoms with E-state index in [1.807, 2.05) is 0 Å². The molecule has 1 saturated carbocycles. The molecule has 1 aliphatic rings. The van der Waals surface area contributed by atoms with Crippen molar-refractivity contribution < 1.29 is 4.74 Å². The van der Waals surface area contributed by atoms with E-state index in [2.05, 4.69) is 64.2 Å². The molecule has 0 aliphatic heterocycles. The Balaban J connectivity index is 1.83. The molecule has 0 aromatic heterocycles. The summed E-state index contributed by atoms with van der Waals surface area (Å²) in [7, 11) is 0. The fraction of sp³-hybridized carbons (Fsp3) is 0.647. The van der Waals surface area contributed by atoms with E-state index >= 15 is 0 Å². The van der Waals surface area contributed by atoms with Crippen LogP contribution in [0.3, 0.4) is 0 Å². The number of benzene rings is 1. The molecule has 0 radical (unpaired) electrons. The first-order valence-corrected chi connectivity index (χ1v) is 7.38. The Bertz CT molecular complexity index is 414. The Labute approximate surface area is 117 Å². The zero-order valence-electron chi connectivity index (χ0n) is 12.9. The largest absolute Gasteiger partial charge is 0.490 e. The quantitative estimate of drug-likeness (QED) is 0.880. The summed E-state index contributed by atoms with van der Waals surface area (Å²) in [6.07, 6.45) is 2.61. The van der Waals surface area contributed by atoms with Gasteiger partial charge < -0.3 is 10.1 Å². The van der Waals surface area contributed by atoms with E-state index in [1.54, 1.807) is 0 Å². The average molecular weight is 261 g/mol. The molecule has 0 heterocycles. The van der Waals surface area contributed by atoms with Crippen LogP contribution < -0.4 is 10.1 Å². The Morgan fingerprint density at radius 3 is 2.47 bits per heavy atom. The van der Waals surface area contributed by atoms with Gasteiger partial charge in [-0.2, -0.15) is 0 Å². The predicted molar refractivity (Wildman–Crippen MR) is 80.9 cm³/mol. The molecule has 1 aliphatic carbocycles. The van der Waals surface area contributed by atoms with Gasteiger partial charge in [-0.25, -0.2) is 0 Å². The minimum atomic E-state index is 0.202. The van der Waals surface area contributed by atoms with Crippen molar-refractivity contribution in [3.8, 4) is 5.75 Å². The van der Waals surface area contributed by atoms with Gasteiger partial charge in [-0.1, -0.05) is 26.0 Å². The van der Waals surface area contributed by atoms with E-state index < -0.39 is 0 Å². The van der Waals surface area contributed by atoms with Crippen molar-refractivity contribution in [3.63, 3.8) is 0 Å². The summed E-state index contributed by atoms with van der Waals surface area (Å²) in [6.45, 7) is 11.1. The van der Waals surface area contributed by atoms with Crippen LogP contribution in [0.1, 0.15) is 58.9 Å². The van der Waals surface area contributed by atoms with E-state index in [0.29, 0.717) is 18.1 Å².